The van der Waals surface area contributed by atoms with Crippen molar-refractivity contribution in [2.75, 3.05) is 0 Å². The van der Waals surface area contributed by atoms with Gasteiger partial charge in [-0.25, -0.2) is 0 Å². The van der Waals surface area contributed by atoms with Gasteiger partial charge in [-0.15, -0.1) is 0 Å². The topological polar surface area (TPSA) is 85.3 Å². The van der Waals surface area contributed by atoms with Crippen LogP contribution in [0.3, 0.4) is 0 Å². The lowest BCUT2D eigenvalue weighted by atomic mass is 9.74. The molecule has 2 rings (SSSR count). The van der Waals surface area contributed by atoms with Crippen LogP contribution in [0.1, 0.15) is 27.1 Å². The van der Waals surface area contributed by atoms with Crippen molar-refractivity contribution in [2.24, 2.45) is 5.41 Å². The molecule has 0 unspecified atom stereocenters. The Bertz CT molecular complexity index is 899. The molecule has 1 aromatic carbocycles. The molecule has 9 heteroatoms. The molecule has 5 nitrogen and oxygen atoms in total. The highest BCUT2D eigenvalue weighted by atomic mass is 35.5. The van der Waals surface area contributed by atoms with E-state index in [1.807, 2.05) is 0 Å². The summed E-state index contributed by atoms with van der Waals surface area (Å²) in [7, 11) is 0. The van der Waals surface area contributed by atoms with Gasteiger partial charge in [0.1, 0.15) is 0 Å². The van der Waals surface area contributed by atoms with Crippen LogP contribution in [0.25, 0.3) is 0 Å². The molecular weight excluding hydrogens is 426 g/mol. The van der Waals surface area contributed by atoms with Gasteiger partial charge in [-0.1, -0.05) is 24.3 Å². The lowest BCUT2D eigenvalue weighted by Gasteiger charge is -2.29. The summed E-state index contributed by atoms with van der Waals surface area (Å²) >= 11 is 21.8. The first-order valence-corrected chi connectivity index (χ1v) is 8.49. The van der Waals surface area contributed by atoms with E-state index < -0.39 is 44.2 Å². The number of allylic oxidation sites excluding steroid dienone is 4. The molecule has 1 aliphatic rings. The lowest BCUT2D eigenvalue weighted by Crippen LogP contribution is -2.39. The summed E-state index contributed by atoms with van der Waals surface area (Å²) in [6.07, 6.45) is 1.84. The van der Waals surface area contributed by atoms with E-state index in [0.29, 0.717) is 0 Å². The van der Waals surface area contributed by atoms with Crippen LogP contribution < -0.4 is 0 Å². The molecule has 0 heterocycles. The third-order valence-electron chi connectivity index (χ3n) is 3.88. The summed E-state index contributed by atoms with van der Waals surface area (Å²) < 4.78 is 0. The van der Waals surface area contributed by atoms with E-state index in [9.17, 15) is 24.0 Å². The molecule has 0 aliphatic heterocycles. The maximum absolute atomic E-state index is 12.6. The molecule has 0 radical (unpaired) electrons. The normalized spacial score (nSPS) is 15.5. The van der Waals surface area contributed by atoms with Crippen LogP contribution in [0.5, 0.6) is 0 Å². The fourth-order valence-electron chi connectivity index (χ4n) is 2.49. The third kappa shape index (κ3) is 3.67. The Kier molecular flexibility index (Phi) is 6.19. The van der Waals surface area contributed by atoms with E-state index in [1.165, 1.54) is 30.3 Å². The fourth-order valence-corrected chi connectivity index (χ4v) is 3.40. The molecule has 1 aliphatic carbocycles. The van der Waals surface area contributed by atoms with Crippen molar-refractivity contribution in [1.29, 1.82) is 0 Å². The first kappa shape index (κ1) is 20.5. The molecule has 0 saturated carbocycles. The first-order chi connectivity index (χ1) is 12.1. The minimum atomic E-state index is -2.15. The Hall–Kier alpha value is -1.79. The van der Waals surface area contributed by atoms with Gasteiger partial charge < -0.3 is 0 Å². The van der Waals surface area contributed by atoms with Crippen LogP contribution in [-0.4, -0.2) is 26.8 Å². The minimum absolute atomic E-state index is 0.0142. The third-order valence-corrected chi connectivity index (χ3v) is 4.95. The SMILES string of the molecule is O=C(Cl)C1=CC(C(=O)c2cccc(C(=O)Cl)c2)=CCC1(C(=O)Cl)C(=O)Cl. The zero-order valence-corrected chi connectivity index (χ0v) is 15.7. The quantitative estimate of drug-likeness (QED) is 0.387. The van der Waals surface area contributed by atoms with Gasteiger partial charge in [0.2, 0.25) is 15.7 Å². The number of carbonyl (C=O) groups excluding carboxylic acids is 5. The van der Waals surface area contributed by atoms with Crippen LogP contribution in [0.2, 0.25) is 0 Å². The molecule has 0 amide bonds. The second-order valence-electron chi connectivity index (χ2n) is 5.33. The highest BCUT2D eigenvalue weighted by Gasteiger charge is 2.50. The fraction of sp³-hybridized carbons (Fsp3) is 0.118. The van der Waals surface area contributed by atoms with E-state index in [1.54, 1.807) is 0 Å². The molecule has 0 aromatic heterocycles. The van der Waals surface area contributed by atoms with Crippen molar-refractivity contribution in [2.45, 2.75) is 6.42 Å². The van der Waals surface area contributed by atoms with Crippen molar-refractivity contribution in [3.8, 4) is 0 Å². The van der Waals surface area contributed by atoms with Crippen molar-refractivity contribution in [1.82, 2.24) is 0 Å². The van der Waals surface area contributed by atoms with Crippen molar-refractivity contribution < 1.29 is 24.0 Å². The number of halogens is 4. The van der Waals surface area contributed by atoms with Crippen LogP contribution in [0.15, 0.2) is 47.6 Å². The lowest BCUT2D eigenvalue weighted by molar-refractivity contribution is -0.130. The van der Waals surface area contributed by atoms with Gasteiger partial charge in [0, 0.05) is 22.3 Å². The average molecular weight is 434 g/mol. The Morgan fingerprint density at radius 3 is 1.92 bits per heavy atom. The smallest absolute Gasteiger partial charge is 0.252 e. The number of benzene rings is 1. The largest absolute Gasteiger partial charge is 0.289 e. The predicted octanol–water partition coefficient (Wildman–Crippen LogP) is 3.79. The van der Waals surface area contributed by atoms with E-state index in [4.69, 9.17) is 46.4 Å². The van der Waals surface area contributed by atoms with Crippen molar-refractivity contribution in [3.63, 3.8) is 0 Å². The molecule has 0 saturated heterocycles. The van der Waals surface area contributed by atoms with Crippen LogP contribution in [-0.2, 0) is 14.4 Å². The first-order valence-electron chi connectivity index (χ1n) is 6.98. The molecule has 26 heavy (non-hydrogen) atoms. The summed E-state index contributed by atoms with van der Waals surface area (Å²) in [5, 5.41) is -4.26. The van der Waals surface area contributed by atoms with E-state index >= 15 is 0 Å². The van der Waals surface area contributed by atoms with Gasteiger partial charge in [0.25, 0.3) is 5.24 Å². The summed E-state index contributed by atoms with van der Waals surface area (Å²) in [4.78, 5) is 59.2. The summed E-state index contributed by atoms with van der Waals surface area (Å²) in [5.41, 5.74) is -2.44. The number of hydrogen-bond acceptors (Lipinski definition) is 5. The molecule has 0 fully saturated rings. The maximum Gasteiger partial charge on any atom is 0.252 e. The standard InChI is InChI=1S/C17H8Cl4O5/c18-13(23)10-3-1-2-8(6-10)12(22)9-4-5-17(15(20)25,16(21)26)11(7-9)14(19)24/h1-4,6-7H,5H2. The highest BCUT2D eigenvalue weighted by molar-refractivity contribution is 6.78. The number of hydrogen-bond donors (Lipinski definition) is 0. The molecule has 0 spiro atoms. The highest BCUT2D eigenvalue weighted by Crippen LogP contribution is 2.42. The Morgan fingerprint density at radius 1 is 0.846 bits per heavy atom. The zero-order valence-electron chi connectivity index (χ0n) is 12.7. The summed E-state index contributed by atoms with van der Waals surface area (Å²) in [5.74, 6) is -0.571. The molecule has 1 aromatic rings. The van der Waals surface area contributed by atoms with Crippen molar-refractivity contribution in [3.05, 3.63) is 58.7 Å². The monoisotopic (exact) mass is 432 g/mol. The Morgan fingerprint density at radius 2 is 1.42 bits per heavy atom. The van der Waals surface area contributed by atoms with Gasteiger partial charge in [0.15, 0.2) is 11.2 Å². The van der Waals surface area contributed by atoms with Gasteiger partial charge in [-0.2, -0.15) is 0 Å². The van der Waals surface area contributed by atoms with E-state index in [2.05, 4.69) is 0 Å². The molecular formula is C17H8Cl4O5. The van der Waals surface area contributed by atoms with E-state index in [-0.39, 0.29) is 16.7 Å². The van der Waals surface area contributed by atoms with Gasteiger partial charge in [0.05, 0.1) is 0 Å². The second kappa shape index (κ2) is 7.84. The van der Waals surface area contributed by atoms with Crippen LogP contribution in [0.4, 0.5) is 0 Å². The second-order valence-corrected chi connectivity index (χ2v) is 6.70. The summed E-state index contributed by atoms with van der Waals surface area (Å²) in [6.45, 7) is 0. The number of rotatable bonds is 6. The summed E-state index contributed by atoms with van der Waals surface area (Å²) in [6, 6.07) is 5.59. The Balaban J connectivity index is 2.52. The van der Waals surface area contributed by atoms with Gasteiger partial charge in [-0.3, -0.25) is 24.0 Å². The van der Waals surface area contributed by atoms with Gasteiger partial charge >= 0.3 is 0 Å². The average Bonchev–Trinajstić information content (AvgIpc) is 2.59. The minimum Gasteiger partial charge on any atom is -0.289 e. The molecule has 0 atom stereocenters. The number of ketones is 1. The van der Waals surface area contributed by atoms with Crippen LogP contribution in [0, 0.1) is 5.41 Å². The molecule has 0 bridgehead atoms. The Labute approximate surface area is 167 Å². The van der Waals surface area contributed by atoms with Crippen molar-refractivity contribution >= 4 is 73.2 Å². The molecule has 0 N–H and O–H groups in total. The predicted molar refractivity (Wildman–Crippen MR) is 96.8 cm³/mol. The maximum atomic E-state index is 12.6. The number of Topliss-reactive ketones (excluding diaryl/α,β-unsaturated/α-hetero) is 1. The van der Waals surface area contributed by atoms with Gasteiger partial charge in [-0.05, 0) is 65.0 Å². The zero-order chi connectivity index (χ0) is 19.6. The number of carbonyl (C=O) groups is 5. The van der Waals surface area contributed by atoms with E-state index in [0.717, 1.165) is 6.08 Å². The molecule has 134 valence electrons. The van der Waals surface area contributed by atoms with Crippen LogP contribution >= 0.6 is 46.4 Å².